The van der Waals surface area contributed by atoms with E-state index in [2.05, 4.69) is 0 Å². The van der Waals surface area contributed by atoms with E-state index >= 15 is 0 Å². The van der Waals surface area contributed by atoms with E-state index in [9.17, 15) is 0 Å². The highest BCUT2D eigenvalue weighted by Gasteiger charge is 2.23. The van der Waals surface area contributed by atoms with Crippen LogP contribution >= 0.6 is 0 Å². The van der Waals surface area contributed by atoms with Crippen LogP contribution in [0.3, 0.4) is 0 Å². The van der Waals surface area contributed by atoms with E-state index in [4.69, 9.17) is 15.2 Å². The fraction of sp³-hybridized carbons (Fsp3) is 1.00. The summed E-state index contributed by atoms with van der Waals surface area (Å²) in [7, 11) is 0. The molecule has 0 aromatic rings. The van der Waals surface area contributed by atoms with Crippen LogP contribution in [0, 0.1) is 11.8 Å². The van der Waals surface area contributed by atoms with Crippen LogP contribution in [0.5, 0.6) is 0 Å². The second-order valence-corrected chi connectivity index (χ2v) is 5.33. The van der Waals surface area contributed by atoms with E-state index in [0.717, 1.165) is 32.2 Å². The van der Waals surface area contributed by atoms with Crippen LogP contribution in [-0.4, -0.2) is 32.5 Å². The summed E-state index contributed by atoms with van der Waals surface area (Å²) in [6, 6.07) is 0.172. The molecule has 2 N–H and O–H groups in total. The van der Waals surface area contributed by atoms with Gasteiger partial charge in [0, 0.05) is 25.2 Å². The molecule has 94 valence electrons. The Balaban J connectivity index is 1.56. The number of nitrogens with two attached hydrogens (primary N) is 1. The number of rotatable bonds is 5. The van der Waals surface area contributed by atoms with Gasteiger partial charge in [0.15, 0.2) is 0 Å². The maximum atomic E-state index is 6.09. The molecule has 0 amide bonds. The summed E-state index contributed by atoms with van der Waals surface area (Å²) in [6.45, 7) is 3.33. The molecule has 0 aromatic carbocycles. The van der Waals surface area contributed by atoms with Gasteiger partial charge >= 0.3 is 0 Å². The molecule has 1 saturated heterocycles. The van der Waals surface area contributed by atoms with Crippen LogP contribution in [0.1, 0.15) is 38.5 Å². The second kappa shape index (κ2) is 6.58. The lowest BCUT2D eigenvalue weighted by Gasteiger charge is -2.23. The van der Waals surface area contributed by atoms with E-state index in [1.54, 1.807) is 0 Å². The van der Waals surface area contributed by atoms with E-state index in [1.807, 2.05) is 0 Å². The summed E-state index contributed by atoms with van der Waals surface area (Å²) in [6.07, 6.45) is 7.99. The van der Waals surface area contributed by atoms with Gasteiger partial charge in [-0.2, -0.15) is 0 Å². The molecule has 1 aliphatic heterocycles. The zero-order valence-corrected chi connectivity index (χ0v) is 10.2. The van der Waals surface area contributed by atoms with Gasteiger partial charge in [0.1, 0.15) is 0 Å². The maximum Gasteiger partial charge on any atom is 0.0621 e. The Hall–Kier alpha value is -0.120. The molecular formula is C13H25NO2. The average molecular weight is 227 g/mol. The van der Waals surface area contributed by atoms with Crippen molar-refractivity contribution in [1.29, 1.82) is 0 Å². The van der Waals surface area contributed by atoms with Gasteiger partial charge in [0.2, 0.25) is 0 Å². The molecule has 2 unspecified atom stereocenters. The predicted octanol–water partition coefficient (Wildman–Crippen LogP) is 1.95. The summed E-state index contributed by atoms with van der Waals surface area (Å²) in [4.78, 5) is 0. The van der Waals surface area contributed by atoms with Crippen LogP contribution in [0.25, 0.3) is 0 Å². The summed E-state index contributed by atoms with van der Waals surface area (Å²) in [5.74, 6) is 1.31. The Kier molecular flexibility index (Phi) is 5.07. The normalized spacial score (nSPS) is 29.4. The fourth-order valence-corrected chi connectivity index (χ4v) is 2.75. The first kappa shape index (κ1) is 12.3. The Morgan fingerprint density at radius 3 is 2.69 bits per heavy atom. The van der Waals surface area contributed by atoms with E-state index in [0.29, 0.717) is 12.5 Å². The summed E-state index contributed by atoms with van der Waals surface area (Å²) >= 11 is 0. The van der Waals surface area contributed by atoms with E-state index in [1.165, 1.54) is 32.1 Å². The minimum absolute atomic E-state index is 0.172. The van der Waals surface area contributed by atoms with Crippen molar-refractivity contribution in [2.24, 2.45) is 17.6 Å². The van der Waals surface area contributed by atoms with Gasteiger partial charge in [-0.15, -0.1) is 0 Å². The Bertz CT molecular complexity index is 186. The lowest BCUT2D eigenvalue weighted by molar-refractivity contribution is 0.0633. The molecule has 2 atom stereocenters. The van der Waals surface area contributed by atoms with E-state index in [-0.39, 0.29) is 6.04 Å². The molecule has 1 heterocycles. The first-order valence-corrected chi connectivity index (χ1v) is 6.77. The van der Waals surface area contributed by atoms with Gasteiger partial charge in [-0.25, -0.2) is 0 Å². The van der Waals surface area contributed by atoms with Gasteiger partial charge < -0.3 is 15.2 Å². The zero-order valence-electron chi connectivity index (χ0n) is 10.2. The third-order valence-electron chi connectivity index (χ3n) is 3.96. The Labute approximate surface area is 98.7 Å². The third-order valence-corrected chi connectivity index (χ3v) is 3.96. The van der Waals surface area contributed by atoms with Crippen molar-refractivity contribution in [3.05, 3.63) is 0 Å². The van der Waals surface area contributed by atoms with Gasteiger partial charge in [-0.3, -0.25) is 0 Å². The van der Waals surface area contributed by atoms with Crippen LogP contribution < -0.4 is 5.73 Å². The quantitative estimate of drug-likeness (QED) is 0.780. The van der Waals surface area contributed by atoms with Crippen LogP contribution in [0.4, 0.5) is 0 Å². The number of hydrogen-bond donors (Lipinski definition) is 1. The fourth-order valence-electron chi connectivity index (χ4n) is 2.75. The van der Waals surface area contributed by atoms with Crippen molar-refractivity contribution >= 4 is 0 Å². The van der Waals surface area contributed by atoms with Gasteiger partial charge in [-0.1, -0.05) is 19.3 Å². The van der Waals surface area contributed by atoms with Gasteiger partial charge in [-0.05, 0) is 25.2 Å². The number of ether oxygens (including phenoxy) is 2. The molecular weight excluding hydrogens is 202 g/mol. The average Bonchev–Trinajstić information content (AvgIpc) is 2.84. The summed E-state index contributed by atoms with van der Waals surface area (Å²) in [5, 5.41) is 0. The van der Waals surface area contributed by atoms with Gasteiger partial charge in [0.25, 0.3) is 0 Å². The smallest absolute Gasteiger partial charge is 0.0621 e. The number of hydrogen-bond acceptors (Lipinski definition) is 3. The molecule has 1 saturated carbocycles. The topological polar surface area (TPSA) is 44.5 Å². The maximum absolute atomic E-state index is 6.09. The standard InChI is InChI=1S/C13H25NO2/c14-13(12-6-7-15-9-12)10-16-8-11-4-2-1-3-5-11/h11-13H,1-10,14H2. The molecule has 0 spiro atoms. The first-order chi connectivity index (χ1) is 7.86. The predicted molar refractivity (Wildman–Crippen MR) is 64.3 cm³/mol. The minimum Gasteiger partial charge on any atom is -0.381 e. The largest absolute Gasteiger partial charge is 0.381 e. The van der Waals surface area contributed by atoms with Crippen LogP contribution in [-0.2, 0) is 9.47 Å². The lowest BCUT2D eigenvalue weighted by atomic mass is 9.90. The summed E-state index contributed by atoms with van der Waals surface area (Å²) in [5.41, 5.74) is 6.09. The molecule has 1 aliphatic carbocycles. The monoisotopic (exact) mass is 227 g/mol. The summed E-state index contributed by atoms with van der Waals surface area (Å²) < 4.78 is 11.1. The van der Waals surface area contributed by atoms with Crippen molar-refractivity contribution in [2.75, 3.05) is 26.4 Å². The van der Waals surface area contributed by atoms with Crippen molar-refractivity contribution in [2.45, 2.75) is 44.6 Å². The molecule has 0 bridgehead atoms. The van der Waals surface area contributed by atoms with Crippen LogP contribution in [0.2, 0.25) is 0 Å². The van der Waals surface area contributed by atoms with Crippen molar-refractivity contribution < 1.29 is 9.47 Å². The van der Waals surface area contributed by atoms with Crippen LogP contribution in [0.15, 0.2) is 0 Å². The molecule has 2 fully saturated rings. The molecule has 2 rings (SSSR count). The molecule has 3 heteroatoms. The third kappa shape index (κ3) is 3.72. The van der Waals surface area contributed by atoms with E-state index < -0.39 is 0 Å². The molecule has 0 aromatic heterocycles. The Morgan fingerprint density at radius 1 is 1.19 bits per heavy atom. The SMILES string of the molecule is NC(COCC1CCCCC1)C1CCOC1. The highest BCUT2D eigenvalue weighted by molar-refractivity contribution is 4.76. The molecule has 16 heavy (non-hydrogen) atoms. The highest BCUT2D eigenvalue weighted by atomic mass is 16.5. The van der Waals surface area contributed by atoms with Crippen molar-refractivity contribution in [1.82, 2.24) is 0 Å². The zero-order chi connectivity index (χ0) is 11.2. The van der Waals surface area contributed by atoms with Crippen molar-refractivity contribution in [3.8, 4) is 0 Å². The molecule has 0 radical (unpaired) electrons. The molecule has 3 nitrogen and oxygen atoms in total. The lowest BCUT2D eigenvalue weighted by Crippen LogP contribution is -2.35. The van der Waals surface area contributed by atoms with Gasteiger partial charge in [0.05, 0.1) is 13.2 Å². The molecule has 2 aliphatic rings. The minimum atomic E-state index is 0.172. The Morgan fingerprint density at radius 2 is 2.00 bits per heavy atom. The first-order valence-electron chi connectivity index (χ1n) is 6.77. The second-order valence-electron chi connectivity index (χ2n) is 5.33. The highest BCUT2D eigenvalue weighted by Crippen LogP contribution is 2.24. The van der Waals surface area contributed by atoms with Crippen molar-refractivity contribution in [3.63, 3.8) is 0 Å².